The van der Waals surface area contributed by atoms with E-state index in [0.29, 0.717) is 5.01 Å². The average molecular weight is 406 g/mol. The highest BCUT2D eigenvalue weighted by Crippen LogP contribution is 2.11. The molecule has 14 heteroatoms. The number of nitrogens with two attached hydrogens (primary N) is 2. The van der Waals surface area contributed by atoms with E-state index in [1.54, 1.807) is 0 Å². The summed E-state index contributed by atoms with van der Waals surface area (Å²) in [5, 5.41) is 36.3. The van der Waals surface area contributed by atoms with Gasteiger partial charge < -0.3 is 31.9 Å². The van der Waals surface area contributed by atoms with Crippen molar-refractivity contribution < 1.29 is 49.2 Å². The highest BCUT2D eigenvalue weighted by atomic mass is 16.4. The van der Waals surface area contributed by atoms with Gasteiger partial charge in [-0.1, -0.05) is 0 Å². The van der Waals surface area contributed by atoms with Crippen LogP contribution in [-0.4, -0.2) is 79.3 Å². The van der Waals surface area contributed by atoms with Gasteiger partial charge in [-0.05, 0) is 12.8 Å². The Hall–Kier alpha value is -3.26. The molecule has 158 valence electrons. The molecule has 2 amide bonds. The first-order valence-electron chi connectivity index (χ1n) is 7.89. The van der Waals surface area contributed by atoms with Crippen molar-refractivity contribution >= 4 is 35.7 Å². The van der Waals surface area contributed by atoms with Gasteiger partial charge in [-0.25, -0.2) is 10.2 Å². The molecule has 0 saturated carbocycles. The van der Waals surface area contributed by atoms with E-state index in [1.165, 1.54) is 0 Å². The quantitative estimate of drug-likeness (QED) is 0.144. The third kappa shape index (κ3) is 8.91. The van der Waals surface area contributed by atoms with Crippen LogP contribution in [0.25, 0.3) is 0 Å². The minimum atomic E-state index is -1.81. The number of carboxylic acids is 4. The highest BCUT2D eigenvalue weighted by molar-refractivity contribution is 5.90. The van der Waals surface area contributed by atoms with E-state index in [1.807, 2.05) is 0 Å². The second-order valence-corrected chi connectivity index (χ2v) is 5.72. The van der Waals surface area contributed by atoms with Gasteiger partial charge in [0.25, 0.3) is 5.91 Å². The summed E-state index contributed by atoms with van der Waals surface area (Å²) in [5.41, 5.74) is 12.5. The van der Waals surface area contributed by atoms with Crippen molar-refractivity contribution in [2.24, 2.45) is 11.5 Å². The number of hydrogen-bond acceptors (Lipinski definition) is 8. The maximum atomic E-state index is 12.5. The fourth-order valence-electron chi connectivity index (χ4n) is 2.08. The fraction of sp³-hybridized carbons (Fsp3) is 0.571. The molecule has 0 saturated heterocycles. The summed E-state index contributed by atoms with van der Waals surface area (Å²) in [6.45, 7) is 0. The van der Waals surface area contributed by atoms with E-state index in [4.69, 9.17) is 21.7 Å². The van der Waals surface area contributed by atoms with Gasteiger partial charge in [-0.2, -0.15) is 0 Å². The van der Waals surface area contributed by atoms with E-state index >= 15 is 0 Å². The van der Waals surface area contributed by atoms with E-state index in [-0.39, 0.29) is 0 Å². The van der Waals surface area contributed by atoms with Gasteiger partial charge >= 0.3 is 23.9 Å². The standard InChI is InChI=1S/C14H22N4O10/c15-6(5-11(22)23)12(24)18(8(14(27)28)2-3-9(16)19)17-7(13(25)26)1-4-10(20)21/h6-8,17H,1-5,15H2,(H2,16,19)(H,20,21)(H,22,23)(H,25,26)(H,27,28)/t6-,7-,8-/m0/s1. The molecule has 0 aromatic heterocycles. The molecule has 0 rings (SSSR count). The SMILES string of the molecule is NC(=O)CC[C@@H](C(=O)O)N(N[C@@H](CCC(=O)O)C(=O)O)C(=O)[C@@H](N)CC(=O)O. The zero-order valence-corrected chi connectivity index (χ0v) is 14.6. The number of aliphatic carboxylic acids is 4. The molecule has 0 bridgehead atoms. The van der Waals surface area contributed by atoms with Crippen LogP contribution in [0.4, 0.5) is 0 Å². The molecule has 0 aromatic carbocycles. The number of hydrazine groups is 1. The van der Waals surface area contributed by atoms with Crippen LogP contribution in [0, 0.1) is 0 Å². The smallest absolute Gasteiger partial charge is 0.328 e. The van der Waals surface area contributed by atoms with E-state index in [9.17, 15) is 39.0 Å². The Kier molecular flexibility index (Phi) is 10.1. The Balaban J connectivity index is 5.76. The molecule has 0 fully saturated rings. The van der Waals surface area contributed by atoms with E-state index < -0.39 is 85.9 Å². The molecule has 0 aliphatic heterocycles. The lowest BCUT2D eigenvalue weighted by atomic mass is 10.1. The molecule has 0 aliphatic carbocycles. The van der Waals surface area contributed by atoms with Crippen LogP contribution >= 0.6 is 0 Å². The van der Waals surface area contributed by atoms with Gasteiger partial charge in [-0.3, -0.25) is 29.0 Å². The highest BCUT2D eigenvalue weighted by Gasteiger charge is 2.36. The number of primary amides is 1. The van der Waals surface area contributed by atoms with Gasteiger partial charge in [0.2, 0.25) is 5.91 Å². The minimum absolute atomic E-state index is 0.305. The number of carboxylic acid groups (broad SMARTS) is 4. The summed E-state index contributed by atoms with van der Waals surface area (Å²) < 4.78 is 0. The first-order valence-corrected chi connectivity index (χ1v) is 7.89. The van der Waals surface area contributed by atoms with Gasteiger partial charge in [0.1, 0.15) is 12.1 Å². The Bertz CT molecular complexity index is 638. The molecule has 0 unspecified atom stereocenters. The molecule has 0 aliphatic rings. The van der Waals surface area contributed by atoms with Crippen molar-refractivity contribution in [2.45, 2.75) is 50.2 Å². The van der Waals surface area contributed by atoms with Gasteiger partial charge in [-0.15, -0.1) is 0 Å². The number of amides is 2. The van der Waals surface area contributed by atoms with Crippen molar-refractivity contribution in [1.82, 2.24) is 10.4 Å². The first kappa shape index (κ1) is 24.7. The molecule has 0 radical (unpaired) electrons. The molecule has 0 heterocycles. The average Bonchev–Trinajstić information content (AvgIpc) is 2.54. The Morgan fingerprint density at radius 1 is 0.857 bits per heavy atom. The van der Waals surface area contributed by atoms with Gasteiger partial charge in [0.05, 0.1) is 12.5 Å². The van der Waals surface area contributed by atoms with Gasteiger partial charge in [0.15, 0.2) is 0 Å². The van der Waals surface area contributed by atoms with Crippen LogP contribution in [0.5, 0.6) is 0 Å². The summed E-state index contributed by atoms with van der Waals surface area (Å²) in [7, 11) is 0. The minimum Gasteiger partial charge on any atom is -0.481 e. The lowest BCUT2D eigenvalue weighted by Crippen LogP contribution is -2.61. The molecular formula is C14H22N4O10. The second-order valence-electron chi connectivity index (χ2n) is 5.72. The van der Waals surface area contributed by atoms with E-state index in [0.717, 1.165) is 0 Å². The molecule has 9 N–H and O–H groups in total. The summed E-state index contributed by atoms with van der Waals surface area (Å²) in [6.07, 6.45) is -3.03. The number of nitrogens with zero attached hydrogens (tertiary/aromatic N) is 1. The molecule has 14 nitrogen and oxygen atoms in total. The molecule has 3 atom stereocenters. The van der Waals surface area contributed by atoms with Crippen LogP contribution < -0.4 is 16.9 Å². The van der Waals surface area contributed by atoms with Crippen molar-refractivity contribution in [1.29, 1.82) is 0 Å². The molecule has 28 heavy (non-hydrogen) atoms. The van der Waals surface area contributed by atoms with Crippen LogP contribution in [0.1, 0.15) is 32.1 Å². The topological polar surface area (TPSA) is 251 Å². The summed E-state index contributed by atoms with van der Waals surface area (Å²) in [4.78, 5) is 67.7. The van der Waals surface area contributed by atoms with Crippen LogP contribution in [0.2, 0.25) is 0 Å². The third-order valence-electron chi connectivity index (χ3n) is 3.45. The zero-order chi connectivity index (χ0) is 22.0. The predicted octanol–water partition coefficient (Wildman–Crippen LogP) is -2.84. The summed E-state index contributed by atoms with van der Waals surface area (Å²) in [5.74, 6) is -8.20. The largest absolute Gasteiger partial charge is 0.481 e. The number of carbonyl (C=O) groups excluding carboxylic acids is 2. The van der Waals surface area contributed by atoms with Crippen LogP contribution in [0.3, 0.4) is 0 Å². The zero-order valence-electron chi connectivity index (χ0n) is 14.6. The monoisotopic (exact) mass is 406 g/mol. The fourth-order valence-corrected chi connectivity index (χ4v) is 2.08. The van der Waals surface area contributed by atoms with Crippen LogP contribution in [-0.2, 0) is 28.8 Å². The molecular weight excluding hydrogens is 384 g/mol. The van der Waals surface area contributed by atoms with Crippen molar-refractivity contribution in [3.63, 3.8) is 0 Å². The Morgan fingerprint density at radius 3 is 1.82 bits per heavy atom. The third-order valence-corrected chi connectivity index (χ3v) is 3.45. The lowest BCUT2D eigenvalue weighted by Gasteiger charge is -2.33. The number of carbonyl (C=O) groups is 6. The summed E-state index contributed by atoms with van der Waals surface area (Å²) >= 11 is 0. The maximum absolute atomic E-state index is 12.5. The maximum Gasteiger partial charge on any atom is 0.328 e. The van der Waals surface area contributed by atoms with Crippen molar-refractivity contribution in [2.75, 3.05) is 0 Å². The van der Waals surface area contributed by atoms with E-state index in [2.05, 4.69) is 5.43 Å². The Morgan fingerprint density at radius 2 is 1.43 bits per heavy atom. The van der Waals surface area contributed by atoms with Crippen molar-refractivity contribution in [3.8, 4) is 0 Å². The second kappa shape index (κ2) is 11.5. The summed E-state index contributed by atoms with van der Waals surface area (Å²) in [6, 6.07) is -5.24. The number of rotatable bonds is 14. The lowest BCUT2D eigenvalue weighted by molar-refractivity contribution is -0.159. The number of hydrogen-bond donors (Lipinski definition) is 7. The van der Waals surface area contributed by atoms with Gasteiger partial charge in [0, 0.05) is 12.8 Å². The molecule has 0 aromatic rings. The normalized spacial score (nSPS) is 13.8. The predicted molar refractivity (Wildman–Crippen MR) is 88.4 cm³/mol. The number of nitrogens with one attached hydrogen (secondary N) is 1. The molecule has 0 spiro atoms. The Labute approximate surface area is 158 Å². The van der Waals surface area contributed by atoms with Crippen molar-refractivity contribution in [3.05, 3.63) is 0 Å². The first-order chi connectivity index (χ1) is 12.9. The van der Waals surface area contributed by atoms with Crippen LogP contribution in [0.15, 0.2) is 0 Å².